The molecule has 140 valence electrons. The molecule has 0 saturated carbocycles. The summed E-state index contributed by atoms with van der Waals surface area (Å²) in [4.78, 5) is 38.1. The van der Waals surface area contributed by atoms with Crippen LogP contribution in [0.15, 0.2) is 60.7 Å². The summed E-state index contributed by atoms with van der Waals surface area (Å²) in [6.45, 7) is 0.540. The first-order valence-corrected chi connectivity index (χ1v) is 8.99. The van der Waals surface area contributed by atoms with Gasteiger partial charge in [-0.05, 0) is 24.1 Å². The molecule has 1 saturated heterocycles. The average Bonchev–Trinajstić information content (AvgIpc) is 3.13. The maximum Gasteiger partial charge on any atom is 0.329 e. The Kier molecular flexibility index (Phi) is 6.20. The molecule has 6 nitrogen and oxygen atoms in total. The first-order valence-electron chi connectivity index (χ1n) is 8.99. The van der Waals surface area contributed by atoms with Gasteiger partial charge in [-0.2, -0.15) is 0 Å². The fourth-order valence-corrected chi connectivity index (χ4v) is 2.95. The van der Waals surface area contributed by atoms with E-state index in [9.17, 15) is 14.4 Å². The molecular weight excluding hydrogens is 344 g/mol. The molecular formula is C21H22N2O4. The molecule has 1 aliphatic rings. The van der Waals surface area contributed by atoms with Crippen molar-refractivity contribution in [2.45, 2.75) is 31.9 Å². The van der Waals surface area contributed by atoms with E-state index in [0.29, 0.717) is 25.1 Å². The molecule has 27 heavy (non-hydrogen) atoms. The predicted molar refractivity (Wildman–Crippen MR) is 101 cm³/mol. The molecule has 1 heterocycles. The van der Waals surface area contributed by atoms with Crippen LogP contribution < -0.4 is 5.32 Å². The molecule has 0 aromatic heterocycles. The number of imide groups is 1. The molecule has 0 radical (unpaired) electrons. The van der Waals surface area contributed by atoms with Crippen LogP contribution in [0, 0.1) is 0 Å². The molecule has 2 aromatic carbocycles. The number of likely N-dealkylation sites (tertiary alicyclic amines) is 1. The monoisotopic (exact) mass is 366 g/mol. The highest BCUT2D eigenvalue weighted by atomic mass is 16.5. The Bertz CT molecular complexity index is 792. The lowest BCUT2D eigenvalue weighted by molar-refractivity contribution is -0.150. The lowest BCUT2D eigenvalue weighted by Crippen LogP contribution is -2.40. The fourth-order valence-electron chi connectivity index (χ4n) is 2.95. The van der Waals surface area contributed by atoms with Gasteiger partial charge in [-0.15, -0.1) is 0 Å². The van der Waals surface area contributed by atoms with E-state index >= 15 is 0 Å². The largest absolute Gasteiger partial charge is 0.459 e. The van der Waals surface area contributed by atoms with E-state index < -0.39 is 12.0 Å². The van der Waals surface area contributed by atoms with Gasteiger partial charge in [0.05, 0.1) is 6.42 Å². The summed E-state index contributed by atoms with van der Waals surface area (Å²) in [5.74, 6) is -1.07. The third kappa shape index (κ3) is 5.17. The third-order valence-corrected chi connectivity index (χ3v) is 4.38. The average molecular weight is 366 g/mol. The van der Waals surface area contributed by atoms with Crippen molar-refractivity contribution >= 4 is 23.5 Å². The van der Waals surface area contributed by atoms with Crippen LogP contribution in [-0.4, -0.2) is 35.3 Å². The maximum absolute atomic E-state index is 12.6. The smallest absolute Gasteiger partial charge is 0.329 e. The van der Waals surface area contributed by atoms with Crippen LogP contribution in [0.1, 0.15) is 24.8 Å². The standard InChI is InChI=1S/C21H22N2O4/c24-19-12-7-13-23(19)20(25)14-18(22-17-10-5-2-6-11-17)21(26)27-15-16-8-3-1-4-9-16/h1-6,8-11,18,22H,7,12-15H2. The van der Waals surface area contributed by atoms with Crippen molar-refractivity contribution in [3.8, 4) is 0 Å². The minimum Gasteiger partial charge on any atom is -0.459 e. The summed E-state index contributed by atoms with van der Waals surface area (Å²) >= 11 is 0. The van der Waals surface area contributed by atoms with Crippen molar-refractivity contribution in [3.63, 3.8) is 0 Å². The van der Waals surface area contributed by atoms with Gasteiger partial charge in [0.15, 0.2) is 0 Å². The number of nitrogens with one attached hydrogen (secondary N) is 1. The Hall–Kier alpha value is -3.15. The van der Waals surface area contributed by atoms with Crippen molar-refractivity contribution in [2.75, 3.05) is 11.9 Å². The number of ether oxygens (including phenoxy) is 1. The van der Waals surface area contributed by atoms with E-state index in [-0.39, 0.29) is 24.8 Å². The Labute approximate surface area is 158 Å². The van der Waals surface area contributed by atoms with Crippen LogP contribution >= 0.6 is 0 Å². The van der Waals surface area contributed by atoms with Gasteiger partial charge >= 0.3 is 5.97 Å². The first-order chi connectivity index (χ1) is 13.1. The number of carbonyl (C=O) groups is 3. The maximum atomic E-state index is 12.6. The lowest BCUT2D eigenvalue weighted by atomic mass is 10.1. The summed E-state index contributed by atoms with van der Waals surface area (Å²) in [7, 11) is 0. The molecule has 0 bridgehead atoms. The highest BCUT2D eigenvalue weighted by Gasteiger charge is 2.31. The molecule has 6 heteroatoms. The number of para-hydroxylation sites is 1. The molecule has 2 amide bonds. The Morgan fingerprint density at radius 3 is 2.33 bits per heavy atom. The Morgan fingerprint density at radius 1 is 1.04 bits per heavy atom. The van der Waals surface area contributed by atoms with Gasteiger partial charge in [0.1, 0.15) is 12.6 Å². The zero-order valence-corrected chi connectivity index (χ0v) is 15.0. The molecule has 1 unspecified atom stereocenters. The SMILES string of the molecule is O=C(OCc1ccccc1)C(CC(=O)N1CCCC1=O)Nc1ccccc1. The van der Waals surface area contributed by atoms with E-state index in [1.54, 1.807) is 0 Å². The number of esters is 1. The van der Waals surface area contributed by atoms with Gasteiger partial charge in [0, 0.05) is 18.7 Å². The number of hydrogen-bond donors (Lipinski definition) is 1. The number of nitrogens with zero attached hydrogens (tertiary/aromatic N) is 1. The van der Waals surface area contributed by atoms with Crippen molar-refractivity contribution in [2.24, 2.45) is 0 Å². The quantitative estimate of drug-likeness (QED) is 0.763. The van der Waals surface area contributed by atoms with Crippen LogP contribution in [0.25, 0.3) is 0 Å². The number of carbonyl (C=O) groups excluding carboxylic acids is 3. The van der Waals surface area contributed by atoms with E-state index in [4.69, 9.17) is 4.74 Å². The zero-order valence-electron chi connectivity index (χ0n) is 15.0. The third-order valence-electron chi connectivity index (χ3n) is 4.38. The highest BCUT2D eigenvalue weighted by molar-refractivity contribution is 5.98. The van der Waals surface area contributed by atoms with Crippen molar-refractivity contribution in [1.29, 1.82) is 0 Å². The molecule has 1 aliphatic heterocycles. The second-order valence-corrected chi connectivity index (χ2v) is 6.40. The first kappa shape index (κ1) is 18.6. The number of benzene rings is 2. The molecule has 0 aliphatic carbocycles. The Balaban J connectivity index is 1.67. The summed E-state index contributed by atoms with van der Waals surface area (Å²) in [6.07, 6.45) is 0.912. The second-order valence-electron chi connectivity index (χ2n) is 6.40. The van der Waals surface area contributed by atoms with Gasteiger partial charge in [0.25, 0.3) is 0 Å². The van der Waals surface area contributed by atoms with E-state index in [0.717, 1.165) is 5.56 Å². The van der Waals surface area contributed by atoms with Crippen LogP contribution in [0.5, 0.6) is 0 Å². The molecule has 1 fully saturated rings. The van der Waals surface area contributed by atoms with Crippen LogP contribution in [0.3, 0.4) is 0 Å². The van der Waals surface area contributed by atoms with Gasteiger partial charge in [-0.25, -0.2) is 4.79 Å². The van der Waals surface area contributed by atoms with Gasteiger partial charge in [-0.1, -0.05) is 48.5 Å². The number of rotatable bonds is 7. The summed E-state index contributed by atoms with van der Waals surface area (Å²) in [6, 6.07) is 17.6. The molecule has 1 atom stereocenters. The van der Waals surface area contributed by atoms with E-state index in [1.807, 2.05) is 60.7 Å². The number of hydrogen-bond acceptors (Lipinski definition) is 5. The van der Waals surface area contributed by atoms with E-state index in [2.05, 4.69) is 5.32 Å². The fraction of sp³-hybridized carbons (Fsp3) is 0.286. The minimum atomic E-state index is -0.864. The summed E-state index contributed by atoms with van der Waals surface area (Å²) in [5.41, 5.74) is 1.57. The van der Waals surface area contributed by atoms with Gasteiger partial charge in [0.2, 0.25) is 11.8 Å². The zero-order chi connectivity index (χ0) is 19.1. The van der Waals surface area contributed by atoms with E-state index in [1.165, 1.54) is 4.90 Å². The Morgan fingerprint density at radius 2 is 1.70 bits per heavy atom. The minimum absolute atomic E-state index is 0.128. The number of anilines is 1. The number of amides is 2. The van der Waals surface area contributed by atoms with Crippen molar-refractivity contribution in [1.82, 2.24) is 4.90 Å². The van der Waals surface area contributed by atoms with Crippen LogP contribution in [-0.2, 0) is 25.7 Å². The van der Waals surface area contributed by atoms with Crippen molar-refractivity contribution in [3.05, 3.63) is 66.2 Å². The van der Waals surface area contributed by atoms with Gasteiger partial charge < -0.3 is 10.1 Å². The van der Waals surface area contributed by atoms with Gasteiger partial charge in [-0.3, -0.25) is 14.5 Å². The highest BCUT2D eigenvalue weighted by Crippen LogP contribution is 2.16. The normalized spacial score (nSPS) is 14.7. The molecule has 2 aromatic rings. The topological polar surface area (TPSA) is 75.7 Å². The lowest BCUT2D eigenvalue weighted by Gasteiger charge is -2.21. The molecule has 1 N–H and O–H groups in total. The van der Waals surface area contributed by atoms with Crippen LogP contribution in [0.4, 0.5) is 5.69 Å². The summed E-state index contributed by atoms with van der Waals surface area (Å²) in [5, 5.41) is 3.05. The second kappa shape index (κ2) is 8.98. The van der Waals surface area contributed by atoms with Crippen LogP contribution in [0.2, 0.25) is 0 Å². The summed E-state index contributed by atoms with van der Waals surface area (Å²) < 4.78 is 5.40. The molecule has 0 spiro atoms. The molecule has 3 rings (SSSR count). The predicted octanol–water partition coefficient (Wildman–Crippen LogP) is 2.75. The van der Waals surface area contributed by atoms with Crippen molar-refractivity contribution < 1.29 is 19.1 Å².